The predicted octanol–water partition coefficient (Wildman–Crippen LogP) is 2.79. The maximum atomic E-state index is 10.5. The molecule has 1 rings (SSSR count). The summed E-state index contributed by atoms with van der Waals surface area (Å²) in [6, 6.07) is 4.63. The third kappa shape index (κ3) is 4.92. The molecule has 0 saturated heterocycles. The Morgan fingerprint density at radius 2 is 2.17 bits per heavy atom. The Balaban J connectivity index is 2.47. The molecule has 0 aliphatic carbocycles. The third-order valence-electron chi connectivity index (χ3n) is 3.11. The largest absolute Gasteiger partial charge is 0.481 e. The lowest BCUT2D eigenvalue weighted by Gasteiger charge is -2.32. The minimum atomic E-state index is -0.725. The number of hydrogen-bond donors (Lipinski definition) is 1. The maximum Gasteiger partial charge on any atom is 0.303 e. The number of hydrogen-bond acceptors (Lipinski definition) is 3. The van der Waals surface area contributed by atoms with Gasteiger partial charge in [0, 0.05) is 24.9 Å². The van der Waals surface area contributed by atoms with Crippen LogP contribution in [0.3, 0.4) is 0 Å². The smallest absolute Gasteiger partial charge is 0.303 e. The van der Waals surface area contributed by atoms with Crippen molar-refractivity contribution < 1.29 is 14.3 Å². The Morgan fingerprint density at radius 1 is 1.44 bits per heavy atom. The zero-order chi connectivity index (χ0) is 13.5. The van der Waals surface area contributed by atoms with Gasteiger partial charge in [-0.2, -0.15) is 0 Å². The van der Waals surface area contributed by atoms with Gasteiger partial charge in [0.1, 0.15) is 5.76 Å². The first-order valence-corrected chi connectivity index (χ1v) is 6.50. The number of aliphatic carboxylic acids is 1. The Bertz CT molecular complexity index is 346. The molecule has 4 nitrogen and oxygen atoms in total. The topological polar surface area (TPSA) is 53.7 Å². The molecule has 1 aromatic rings. The molecule has 0 amide bonds. The normalized spacial score (nSPS) is 13.2. The average molecular weight is 253 g/mol. The maximum absolute atomic E-state index is 10.5. The molecule has 18 heavy (non-hydrogen) atoms. The Kier molecular flexibility index (Phi) is 5.92. The van der Waals surface area contributed by atoms with Crippen molar-refractivity contribution >= 4 is 5.97 Å². The van der Waals surface area contributed by atoms with Crippen LogP contribution in [0.2, 0.25) is 0 Å². The molecule has 0 fully saturated rings. The van der Waals surface area contributed by atoms with Crippen molar-refractivity contribution in [2.45, 2.75) is 52.1 Å². The summed E-state index contributed by atoms with van der Waals surface area (Å²) in [4.78, 5) is 12.9. The minimum absolute atomic E-state index is 0.233. The zero-order valence-corrected chi connectivity index (χ0v) is 11.4. The summed E-state index contributed by atoms with van der Waals surface area (Å²) in [5.74, 6) is 0.253. The highest BCUT2D eigenvalue weighted by Crippen LogP contribution is 2.13. The van der Waals surface area contributed by atoms with Crippen LogP contribution in [0.4, 0.5) is 0 Å². The van der Waals surface area contributed by atoms with E-state index in [1.54, 1.807) is 6.26 Å². The van der Waals surface area contributed by atoms with Crippen molar-refractivity contribution in [3.63, 3.8) is 0 Å². The van der Waals surface area contributed by atoms with Gasteiger partial charge in [-0.05, 0) is 45.9 Å². The van der Waals surface area contributed by atoms with E-state index in [0.29, 0.717) is 18.5 Å². The molecule has 1 heterocycles. The van der Waals surface area contributed by atoms with Gasteiger partial charge < -0.3 is 9.52 Å². The first kappa shape index (κ1) is 14.8. The zero-order valence-electron chi connectivity index (χ0n) is 11.4. The highest BCUT2D eigenvalue weighted by atomic mass is 16.4. The summed E-state index contributed by atoms with van der Waals surface area (Å²) in [7, 11) is 0. The molecule has 1 N–H and O–H groups in total. The molecule has 0 aliphatic heterocycles. The van der Waals surface area contributed by atoms with Gasteiger partial charge in [-0.3, -0.25) is 9.69 Å². The highest BCUT2D eigenvalue weighted by Gasteiger charge is 2.18. The summed E-state index contributed by atoms with van der Waals surface area (Å²) in [5.41, 5.74) is 0. The molecule has 1 aromatic heterocycles. The Hall–Kier alpha value is -1.29. The molecular formula is C14H23NO3. The van der Waals surface area contributed by atoms with Crippen LogP contribution in [0.15, 0.2) is 22.8 Å². The summed E-state index contributed by atoms with van der Waals surface area (Å²) < 4.78 is 5.36. The van der Waals surface area contributed by atoms with Crippen molar-refractivity contribution in [3.8, 4) is 0 Å². The van der Waals surface area contributed by atoms with Gasteiger partial charge in [0.25, 0.3) is 0 Å². The van der Waals surface area contributed by atoms with Crippen molar-refractivity contribution in [2.24, 2.45) is 0 Å². The van der Waals surface area contributed by atoms with Crippen LogP contribution < -0.4 is 0 Å². The van der Waals surface area contributed by atoms with Crippen LogP contribution in [0.25, 0.3) is 0 Å². The predicted molar refractivity (Wildman–Crippen MR) is 70.6 cm³/mol. The highest BCUT2D eigenvalue weighted by molar-refractivity contribution is 5.66. The second-order valence-electron chi connectivity index (χ2n) is 4.96. The van der Waals surface area contributed by atoms with E-state index in [0.717, 1.165) is 18.7 Å². The third-order valence-corrected chi connectivity index (χ3v) is 3.11. The van der Waals surface area contributed by atoms with E-state index in [1.807, 2.05) is 12.1 Å². The average Bonchev–Trinajstić information content (AvgIpc) is 2.75. The fourth-order valence-corrected chi connectivity index (χ4v) is 2.24. The van der Waals surface area contributed by atoms with Crippen LogP contribution in [0, 0.1) is 0 Å². The van der Waals surface area contributed by atoms with Gasteiger partial charge in [0.2, 0.25) is 0 Å². The van der Waals surface area contributed by atoms with Crippen LogP contribution >= 0.6 is 0 Å². The number of furan rings is 1. The number of carboxylic acids is 1. The van der Waals surface area contributed by atoms with Gasteiger partial charge in [-0.1, -0.05) is 0 Å². The van der Waals surface area contributed by atoms with E-state index in [1.165, 1.54) is 0 Å². The molecule has 1 unspecified atom stereocenters. The first-order chi connectivity index (χ1) is 8.50. The van der Waals surface area contributed by atoms with Crippen LogP contribution in [-0.2, 0) is 11.2 Å². The van der Waals surface area contributed by atoms with E-state index < -0.39 is 5.97 Å². The second-order valence-corrected chi connectivity index (χ2v) is 4.96. The summed E-state index contributed by atoms with van der Waals surface area (Å²) in [5, 5.41) is 8.68. The lowest BCUT2D eigenvalue weighted by atomic mass is 10.1. The fourth-order valence-electron chi connectivity index (χ4n) is 2.24. The molecule has 0 spiro atoms. The van der Waals surface area contributed by atoms with Gasteiger partial charge in [-0.15, -0.1) is 0 Å². The molecule has 0 aromatic carbocycles. The Morgan fingerprint density at radius 3 is 2.67 bits per heavy atom. The molecule has 0 bridgehead atoms. The van der Waals surface area contributed by atoms with Gasteiger partial charge in [0.15, 0.2) is 0 Å². The first-order valence-electron chi connectivity index (χ1n) is 6.50. The van der Waals surface area contributed by atoms with Crippen molar-refractivity contribution in [1.82, 2.24) is 4.90 Å². The second kappa shape index (κ2) is 7.21. The van der Waals surface area contributed by atoms with Crippen LogP contribution in [0.1, 0.15) is 39.4 Å². The fraction of sp³-hybridized carbons (Fsp3) is 0.643. The SMILES string of the molecule is CC(C)N(CCCC(=O)O)C(C)Cc1ccco1. The van der Waals surface area contributed by atoms with E-state index in [9.17, 15) is 4.79 Å². The summed E-state index contributed by atoms with van der Waals surface area (Å²) in [6.45, 7) is 7.24. The molecule has 0 aliphatic rings. The number of carboxylic acid groups (broad SMARTS) is 1. The summed E-state index contributed by atoms with van der Waals surface area (Å²) in [6.07, 6.45) is 3.47. The Labute approximate surface area is 109 Å². The standard InChI is InChI=1S/C14H23NO3/c1-11(2)15(8-4-7-14(16)17)12(3)10-13-6-5-9-18-13/h5-6,9,11-12H,4,7-8,10H2,1-3H3,(H,16,17). The van der Waals surface area contributed by atoms with Gasteiger partial charge >= 0.3 is 5.97 Å². The van der Waals surface area contributed by atoms with Crippen LogP contribution in [0.5, 0.6) is 0 Å². The number of nitrogens with zero attached hydrogens (tertiary/aromatic N) is 1. The number of rotatable bonds is 8. The monoisotopic (exact) mass is 253 g/mol. The molecule has 4 heteroatoms. The van der Waals surface area contributed by atoms with E-state index in [-0.39, 0.29) is 6.42 Å². The van der Waals surface area contributed by atoms with Gasteiger partial charge in [0.05, 0.1) is 6.26 Å². The molecule has 1 atom stereocenters. The van der Waals surface area contributed by atoms with E-state index in [2.05, 4.69) is 25.7 Å². The molecular weight excluding hydrogens is 230 g/mol. The van der Waals surface area contributed by atoms with Gasteiger partial charge in [-0.25, -0.2) is 0 Å². The minimum Gasteiger partial charge on any atom is -0.481 e. The van der Waals surface area contributed by atoms with Crippen molar-refractivity contribution in [1.29, 1.82) is 0 Å². The van der Waals surface area contributed by atoms with E-state index >= 15 is 0 Å². The molecule has 102 valence electrons. The van der Waals surface area contributed by atoms with E-state index in [4.69, 9.17) is 9.52 Å². The molecule has 0 radical (unpaired) electrons. The lowest BCUT2D eigenvalue weighted by Crippen LogP contribution is -2.40. The van der Waals surface area contributed by atoms with Crippen molar-refractivity contribution in [2.75, 3.05) is 6.54 Å². The lowest BCUT2D eigenvalue weighted by molar-refractivity contribution is -0.137. The number of carbonyl (C=O) groups is 1. The molecule has 0 saturated carbocycles. The summed E-state index contributed by atoms with van der Waals surface area (Å²) >= 11 is 0. The van der Waals surface area contributed by atoms with Crippen molar-refractivity contribution in [3.05, 3.63) is 24.2 Å². The quantitative estimate of drug-likeness (QED) is 0.774. The van der Waals surface area contributed by atoms with Crippen LogP contribution in [-0.4, -0.2) is 34.6 Å².